The Bertz CT molecular complexity index is 834. The predicted molar refractivity (Wildman–Crippen MR) is 99.0 cm³/mol. The molecule has 2 aromatic heterocycles. The molecule has 0 atom stereocenters. The Morgan fingerprint density at radius 2 is 1.00 bits per heavy atom. The molecule has 0 aliphatic heterocycles. The van der Waals surface area contributed by atoms with E-state index in [0.717, 1.165) is 22.3 Å². The van der Waals surface area contributed by atoms with Gasteiger partial charge < -0.3 is 20.2 Å². The van der Waals surface area contributed by atoms with Crippen LogP contribution in [0.3, 0.4) is 0 Å². The summed E-state index contributed by atoms with van der Waals surface area (Å²) in [5.41, 5.74) is 4.85. The monoisotopic (exact) mass is 356 g/mol. The molecule has 0 saturated heterocycles. The summed E-state index contributed by atoms with van der Waals surface area (Å²) in [7, 11) is 0. The van der Waals surface area contributed by atoms with Gasteiger partial charge in [0.05, 0.1) is 11.4 Å². The molecule has 0 spiro atoms. The van der Waals surface area contributed by atoms with E-state index in [0.29, 0.717) is 37.1 Å². The molecule has 0 bridgehead atoms. The number of carbonyl (C=O) groups is 2. The van der Waals surface area contributed by atoms with Gasteiger partial charge in [-0.3, -0.25) is 0 Å². The lowest BCUT2D eigenvalue weighted by atomic mass is 10.0. The Kier molecular flexibility index (Phi) is 5.93. The average molecular weight is 356 g/mol. The number of aromatic amines is 2. The lowest BCUT2D eigenvalue weighted by molar-refractivity contribution is 0.0679. The Hall–Kier alpha value is -2.94. The zero-order valence-corrected chi connectivity index (χ0v) is 15.5. The number of rotatable bonds is 6. The van der Waals surface area contributed by atoms with Crippen LogP contribution >= 0.6 is 0 Å². The summed E-state index contributed by atoms with van der Waals surface area (Å²) in [5.74, 6) is 4.03. The van der Waals surface area contributed by atoms with Crippen molar-refractivity contribution in [2.75, 3.05) is 0 Å². The van der Waals surface area contributed by atoms with Crippen LogP contribution in [0.2, 0.25) is 0 Å². The fourth-order valence-corrected chi connectivity index (χ4v) is 3.42. The molecular weight excluding hydrogens is 332 g/mol. The van der Waals surface area contributed by atoms with Crippen molar-refractivity contribution in [1.29, 1.82) is 0 Å². The van der Waals surface area contributed by atoms with Crippen LogP contribution in [0.25, 0.3) is 0 Å². The first-order valence-electron chi connectivity index (χ1n) is 8.85. The third-order valence-electron chi connectivity index (χ3n) is 4.59. The summed E-state index contributed by atoms with van der Waals surface area (Å²) in [4.78, 5) is 28.7. The highest BCUT2D eigenvalue weighted by molar-refractivity contribution is 5.89. The van der Waals surface area contributed by atoms with Gasteiger partial charge in [0.1, 0.15) is 11.4 Å². The maximum Gasteiger partial charge on any atom is 0.352 e. The van der Waals surface area contributed by atoms with Gasteiger partial charge in [-0.1, -0.05) is 27.7 Å². The minimum Gasteiger partial charge on any atom is -0.477 e. The minimum atomic E-state index is -1.000. The van der Waals surface area contributed by atoms with Crippen LogP contribution in [-0.2, 0) is 25.7 Å². The lowest BCUT2D eigenvalue weighted by Gasteiger charge is -2.00. The van der Waals surface area contributed by atoms with Gasteiger partial charge in [0.2, 0.25) is 0 Å². The van der Waals surface area contributed by atoms with E-state index < -0.39 is 11.9 Å². The van der Waals surface area contributed by atoms with Crippen molar-refractivity contribution in [3.05, 3.63) is 45.0 Å². The van der Waals surface area contributed by atoms with E-state index in [9.17, 15) is 19.8 Å². The highest BCUT2D eigenvalue weighted by Crippen LogP contribution is 2.22. The van der Waals surface area contributed by atoms with E-state index in [1.54, 1.807) is 0 Å². The Balaban J connectivity index is 2.60. The summed E-state index contributed by atoms with van der Waals surface area (Å²) in [6.45, 7) is 7.75. The smallest absolute Gasteiger partial charge is 0.352 e. The number of H-pyrrole nitrogens is 2. The molecule has 2 aromatic rings. The third-order valence-corrected chi connectivity index (χ3v) is 4.59. The van der Waals surface area contributed by atoms with Crippen molar-refractivity contribution in [3.63, 3.8) is 0 Å². The summed E-state index contributed by atoms with van der Waals surface area (Å²) in [6.07, 6.45) is 2.55. The Morgan fingerprint density at radius 1 is 0.692 bits per heavy atom. The molecule has 2 heterocycles. The second-order valence-electron chi connectivity index (χ2n) is 5.94. The molecule has 26 heavy (non-hydrogen) atoms. The van der Waals surface area contributed by atoms with Crippen LogP contribution in [0.4, 0.5) is 0 Å². The standard InChI is InChI=1S/C20H24N2O4/c1-5-11-13(7-3)17(19(23)24)21-15(11)9-10-16-12(6-2)14(8-4)18(22-16)20(25)26/h21-22H,5-8H2,1-4H3,(H,23,24)(H,25,26). The number of aromatic nitrogens is 2. The Morgan fingerprint density at radius 3 is 1.23 bits per heavy atom. The molecular formula is C20H24N2O4. The SMILES string of the molecule is CCc1c(C#Cc2[nH]c(C(=O)O)c(CC)c2CC)[nH]c(C(=O)O)c1CC. The molecule has 6 nitrogen and oxygen atoms in total. The van der Waals surface area contributed by atoms with E-state index in [2.05, 4.69) is 21.8 Å². The van der Waals surface area contributed by atoms with Crippen LogP contribution in [0, 0.1) is 11.8 Å². The molecule has 0 fully saturated rings. The van der Waals surface area contributed by atoms with Gasteiger partial charge in [-0.25, -0.2) is 9.59 Å². The van der Waals surface area contributed by atoms with Crippen LogP contribution in [-0.4, -0.2) is 32.1 Å². The molecule has 0 radical (unpaired) electrons. The maximum atomic E-state index is 11.4. The molecule has 0 unspecified atom stereocenters. The van der Waals surface area contributed by atoms with Crippen molar-refractivity contribution >= 4 is 11.9 Å². The van der Waals surface area contributed by atoms with E-state index in [1.165, 1.54) is 0 Å². The van der Waals surface area contributed by atoms with E-state index >= 15 is 0 Å². The normalized spacial score (nSPS) is 10.5. The molecule has 0 aromatic carbocycles. The highest BCUT2D eigenvalue weighted by Gasteiger charge is 2.20. The van der Waals surface area contributed by atoms with Crippen molar-refractivity contribution in [3.8, 4) is 11.8 Å². The van der Waals surface area contributed by atoms with Crippen molar-refractivity contribution in [1.82, 2.24) is 9.97 Å². The van der Waals surface area contributed by atoms with Gasteiger partial charge >= 0.3 is 11.9 Å². The first-order chi connectivity index (χ1) is 12.4. The number of nitrogens with one attached hydrogen (secondary N) is 2. The second kappa shape index (κ2) is 7.96. The van der Waals surface area contributed by atoms with Crippen LogP contribution in [0.15, 0.2) is 0 Å². The molecule has 2 rings (SSSR count). The van der Waals surface area contributed by atoms with Crippen molar-refractivity contribution < 1.29 is 19.8 Å². The van der Waals surface area contributed by atoms with Gasteiger partial charge in [-0.05, 0) is 59.8 Å². The van der Waals surface area contributed by atoms with E-state index in [4.69, 9.17) is 0 Å². The topological polar surface area (TPSA) is 106 Å². The van der Waals surface area contributed by atoms with Gasteiger partial charge in [0, 0.05) is 0 Å². The van der Waals surface area contributed by atoms with Crippen LogP contribution in [0.5, 0.6) is 0 Å². The number of hydrogen-bond acceptors (Lipinski definition) is 2. The fraction of sp³-hybridized carbons (Fsp3) is 0.400. The molecule has 0 aliphatic carbocycles. The average Bonchev–Trinajstić information content (AvgIpc) is 3.16. The Labute approximate surface area is 152 Å². The first kappa shape index (κ1) is 19.4. The molecule has 138 valence electrons. The molecule has 4 N–H and O–H groups in total. The van der Waals surface area contributed by atoms with Gasteiger partial charge in [-0.15, -0.1) is 0 Å². The maximum absolute atomic E-state index is 11.4. The zero-order valence-electron chi connectivity index (χ0n) is 15.5. The molecule has 6 heteroatoms. The van der Waals surface area contributed by atoms with E-state index in [-0.39, 0.29) is 11.4 Å². The summed E-state index contributed by atoms with van der Waals surface area (Å²) >= 11 is 0. The van der Waals surface area contributed by atoms with Crippen molar-refractivity contribution in [2.45, 2.75) is 53.4 Å². The summed E-state index contributed by atoms with van der Waals surface area (Å²) in [5, 5.41) is 18.8. The molecule has 0 amide bonds. The highest BCUT2D eigenvalue weighted by atomic mass is 16.4. The van der Waals surface area contributed by atoms with Crippen LogP contribution in [0.1, 0.15) is 82.3 Å². The van der Waals surface area contributed by atoms with Gasteiger partial charge in [-0.2, -0.15) is 0 Å². The quantitative estimate of drug-likeness (QED) is 0.595. The van der Waals surface area contributed by atoms with Crippen LogP contribution < -0.4 is 0 Å². The van der Waals surface area contributed by atoms with Gasteiger partial charge in [0.25, 0.3) is 0 Å². The predicted octanol–water partition coefficient (Wildman–Crippen LogP) is 3.39. The summed E-state index contributed by atoms with van der Waals surface area (Å²) in [6, 6.07) is 0. The second-order valence-corrected chi connectivity index (χ2v) is 5.94. The lowest BCUT2D eigenvalue weighted by Crippen LogP contribution is -2.01. The number of hydrogen-bond donors (Lipinski definition) is 4. The number of carboxylic acids is 2. The number of aromatic carboxylic acids is 2. The number of carboxylic acid groups (broad SMARTS) is 2. The molecule has 0 saturated carbocycles. The zero-order chi connectivity index (χ0) is 19.4. The molecule has 0 aliphatic rings. The fourth-order valence-electron chi connectivity index (χ4n) is 3.42. The van der Waals surface area contributed by atoms with Gasteiger partial charge in [0.15, 0.2) is 0 Å². The van der Waals surface area contributed by atoms with Crippen molar-refractivity contribution in [2.24, 2.45) is 0 Å². The summed E-state index contributed by atoms with van der Waals surface area (Å²) < 4.78 is 0. The largest absolute Gasteiger partial charge is 0.477 e. The van der Waals surface area contributed by atoms with E-state index in [1.807, 2.05) is 27.7 Å². The third kappa shape index (κ3) is 3.38. The minimum absolute atomic E-state index is 0.177. The first-order valence-corrected chi connectivity index (χ1v) is 8.85.